The Morgan fingerprint density at radius 1 is 1.00 bits per heavy atom. The Morgan fingerprint density at radius 3 is 2.39 bits per heavy atom. The second-order valence-corrected chi connectivity index (χ2v) is 7.92. The van der Waals surface area contributed by atoms with Gasteiger partial charge in [0, 0.05) is 24.6 Å². The molecule has 1 fully saturated rings. The Labute approximate surface area is 192 Å². The molecule has 4 rings (SSSR count). The highest BCUT2D eigenvalue weighted by Gasteiger charge is 2.28. The number of piperidine rings is 1. The van der Waals surface area contributed by atoms with Crippen molar-refractivity contribution in [2.75, 3.05) is 44.6 Å². The first-order valence-electron chi connectivity index (χ1n) is 10.8. The monoisotopic (exact) mass is 452 g/mol. The van der Waals surface area contributed by atoms with Gasteiger partial charge in [0.15, 0.2) is 11.5 Å². The maximum atomic E-state index is 12.8. The number of benzene rings is 2. The highest BCUT2D eigenvalue weighted by atomic mass is 16.5. The molecule has 0 aliphatic carbocycles. The fourth-order valence-electron chi connectivity index (χ4n) is 3.92. The Hall–Kier alpha value is -3.75. The van der Waals surface area contributed by atoms with Crippen LogP contribution in [0.15, 0.2) is 40.9 Å². The molecule has 0 radical (unpaired) electrons. The van der Waals surface area contributed by atoms with E-state index in [4.69, 9.17) is 18.7 Å². The summed E-state index contributed by atoms with van der Waals surface area (Å²) in [5.74, 6) is 2.25. The van der Waals surface area contributed by atoms with Gasteiger partial charge in [-0.25, -0.2) is 0 Å². The molecular formula is C24H28N4O5. The Bertz CT molecular complexity index is 1120. The number of nitrogens with one attached hydrogen (secondary N) is 1. The van der Waals surface area contributed by atoms with Crippen LogP contribution >= 0.6 is 0 Å². The number of anilines is 2. The lowest BCUT2D eigenvalue weighted by molar-refractivity contribution is -0.120. The smallest absolute Gasteiger partial charge is 0.324 e. The second-order valence-electron chi connectivity index (χ2n) is 7.92. The van der Waals surface area contributed by atoms with E-state index in [1.807, 2.05) is 42.2 Å². The van der Waals surface area contributed by atoms with Crippen molar-refractivity contribution in [2.24, 2.45) is 5.92 Å². The molecule has 3 aromatic rings. The minimum absolute atomic E-state index is 0.00454. The second kappa shape index (κ2) is 9.81. The van der Waals surface area contributed by atoms with E-state index in [2.05, 4.69) is 15.5 Å². The van der Waals surface area contributed by atoms with Gasteiger partial charge in [0.25, 0.3) is 0 Å². The van der Waals surface area contributed by atoms with E-state index < -0.39 is 0 Å². The third kappa shape index (κ3) is 4.87. The number of ether oxygens (including phenoxy) is 3. The van der Waals surface area contributed by atoms with E-state index in [1.165, 1.54) is 0 Å². The van der Waals surface area contributed by atoms with Gasteiger partial charge < -0.3 is 29.0 Å². The molecule has 9 heteroatoms. The summed E-state index contributed by atoms with van der Waals surface area (Å²) in [6.45, 7) is 3.28. The van der Waals surface area contributed by atoms with Crippen molar-refractivity contribution in [1.29, 1.82) is 0 Å². The van der Waals surface area contributed by atoms with E-state index in [0.29, 0.717) is 60.7 Å². The fourth-order valence-corrected chi connectivity index (χ4v) is 3.92. The van der Waals surface area contributed by atoms with Gasteiger partial charge in [-0.05, 0) is 55.7 Å². The number of carbonyl (C=O) groups excluding carboxylic acids is 1. The van der Waals surface area contributed by atoms with Crippen LogP contribution in [0.5, 0.6) is 17.2 Å². The van der Waals surface area contributed by atoms with Gasteiger partial charge in [-0.2, -0.15) is 4.98 Å². The van der Waals surface area contributed by atoms with Gasteiger partial charge in [-0.3, -0.25) is 4.79 Å². The highest BCUT2D eigenvalue weighted by molar-refractivity contribution is 5.94. The largest absolute Gasteiger partial charge is 0.495 e. The summed E-state index contributed by atoms with van der Waals surface area (Å²) in [5, 5.41) is 7.13. The summed E-state index contributed by atoms with van der Waals surface area (Å²) in [5.41, 5.74) is 2.52. The molecule has 0 bridgehead atoms. The van der Waals surface area contributed by atoms with Gasteiger partial charge >= 0.3 is 6.01 Å². The molecule has 0 saturated carbocycles. The van der Waals surface area contributed by atoms with Crippen molar-refractivity contribution in [3.8, 4) is 28.6 Å². The molecule has 33 heavy (non-hydrogen) atoms. The molecular weight excluding hydrogens is 424 g/mol. The zero-order chi connectivity index (χ0) is 23.4. The minimum Gasteiger partial charge on any atom is -0.495 e. The van der Waals surface area contributed by atoms with Gasteiger partial charge in [0.2, 0.25) is 11.7 Å². The minimum atomic E-state index is -0.0975. The van der Waals surface area contributed by atoms with Gasteiger partial charge in [-0.1, -0.05) is 11.2 Å². The summed E-state index contributed by atoms with van der Waals surface area (Å²) in [6.07, 6.45) is 1.38. The lowest BCUT2D eigenvalue weighted by atomic mass is 9.96. The van der Waals surface area contributed by atoms with Crippen LogP contribution in [0.2, 0.25) is 0 Å². The zero-order valence-electron chi connectivity index (χ0n) is 19.3. The molecule has 0 unspecified atom stereocenters. The van der Waals surface area contributed by atoms with E-state index in [-0.39, 0.29) is 11.8 Å². The van der Waals surface area contributed by atoms with Gasteiger partial charge in [-0.15, -0.1) is 0 Å². The molecule has 174 valence electrons. The summed E-state index contributed by atoms with van der Waals surface area (Å²) in [6, 6.07) is 11.6. The summed E-state index contributed by atoms with van der Waals surface area (Å²) >= 11 is 0. The number of hydrogen-bond acceptors (Lipinski definition) is 8. The Balaban J connectivity index is 1.38. The van der Waals surface area contributed by atoms with Gasteiger partial charge in [0.1, 0.15) is 5.75 Å². The number of rotatable bonds is 7. The topological polar surface area (TPSA) is 99.0 Å². The molecule has 1 N–H and O–H groups in total. The number of hydrogen-bond donors (Lipinski definition) is 1. The molecule has 9 nitrogen and oxygen atoms in total. The van der Waals surface area contributed by atoms with Crippen molar-refractivity contribution in [1.82, 2.24) is 10.1 Å². The van der Waals surface area contributed by atoms with Crippen molar-refractivity contribution >= 4 is 17.6 Å². The van der Waals surface area contributed by atoms with Crippen molar-refractivity contribution in [2.45, 2.75) is 19.8 Å². The molecule has 2 heterocycles. The number of aryl methyl sites for hydroxylation is 1. The molecule has 0 atom stereocenters. The predicted octanol–water partition coefficient (Wildman–Crippen LogP) is 3.93. The van der Waals surface area contributed by atoms with Crippen molar-refractivity contribution < 1.29 is 23.5 Å². The fraction of sp³-hybridized carbons (Fsp3) is 0.375. The first-order chi connectivity index (χ1) is 16.0. The van der Waals surface area contributed by atoms with E-state index in [9.17, 15) is 4.79 Å². The molecule has 1 aliphatic heterocycles. The maximum Gasteiger partial charge on any atom is 0.324 e. The lowest BCUT2D eigenvalue weighted by Crippen LogP contribution is -2.38. The molecule has 0 spiro atoms. The predicted molar refractivity (Wildman–Crippen MR) is 124 cm³/mol. The number of nitrogens with zero attached hydrogens (tertiary/aromatic N) is 3. The van der Waals surface area contributed by atoms with Crippen LogP contribution in [0.3, 0.4) is 0 Å². The van der Waals surface area contributed by atoms with Crippen LogP contribution in [0.1, 0.15) is 18.4 Å². The standard InChI is InChI=1S/C24H28N4O5/c1-15-5-7-19(30-2)18(13-15)25-23(29)16-9-11-28(12-10-16)24-26-22(27-33-24)17-6-8-20(31-3)21(14-17)32-4/h5-8,13-14,16H,9-12H2,1-4H3,(H,25,29). The van der Waals surface area contributed by atoms with Crippen molar-refractivity contribution in [3.05, 3.63) is 42.0 Å². The number of aromatic nitrogens is 2. The molecule has 2 aromatic carbocycles. The SMILES string of the molecule is COc1ccc(C)cc1NC(=O)C1CCN(c2nc(-c3ccc(OC)c(OC)c3)no2)CC1. The van der Waals surface area contributed by atoms with E-state index >= 15 is 0 Å². The van der Waals surface area contributed by atoms with E-state index in [0.717, 1.165) is 11.1 Å². The Morgan fingerprint density at radius 2 is 1.70 bits per heavy atom. The molecule has 1 amide bonds. The van der Waals surface area contributed by atoms with Crippen LogP contribution in [0.25, 0.3) is 11.4 Å². The third-order valence-corrected chi connectivity index (χ3v) is 5.81. The molecule has 1 aliphatic rings. The van der Waals surface area contributed by atoms with Crippen LogP contribution in [0.4, 0.5) is 11.7 Å². The van der Waals surface area contributed by atoms with Crippen LogP contribution in [-0.2, 0) is 4.79 Å². The normalized spacial score (nSPS) is 14.1. The quantitative estimate of drug-likeness (QED) is 0.576. The first kappa shape index (κ1) is 22.4. The summed E-state index contributed by atoms with van der Waals surface area (Å²) in [4.78, 5) is 19.4. The molecule has 1 aromatic heterocycles. The average molecular weight is 453 g/mol. The zero-order valence-corrected chi connectivity index (χ0v) is 19.3. The van der Waals surface area contributed by atoms with Crippen LogP contribution < -0.4 is 24.4 Å². The Kier molecular flexibility index (Phi) is 6.67. The maximum absolute atomic E-state index is 12.8. The molecule has 1 saturated heterocycles. The highest BCUT2D eigenvalue weighted by Crippen LogP contribution is 2.33. The summed E-state index contributed by atoms with van der Waals surface area (Å²) < 4.78 is 21.5. The lowest BCUT2D eigenvalue weighted by Gasteiger charge is -2.29. The number of methoxy groups -OCH3 is 3. The number of carbonyl (C=O) groups is 1. The van der Waals surface area contributed by atoms with Crippen LogP contribution in [-0.4, -0.2) is 50.5 Å². The summed E-state index contributed by atoms with van der Waals surface area (Å²) in [7, 11) is 4.77. The van der Waals surface area contributed by atoms with Crippen LogP contribution in [0, 0.1) is 12.8 Å². The third-order valence-electron chi connectivity index (χ3n) is 5.81. The van der Waals surface area contributed by atoms with E-state index in [1.54, 1.807) is 27.4 Å². The number of amides is 1. The van der Waals surface area contributed by atoms with Crippen molar-refractivity contribution in [3.63, 3.8) is 0 Å². The first-order valence-corrected chi connectivity index (χ1v) is 10.8. The average Bonchev–Trinajstić information content (AvgIpc) is 3.34. The van der Waals surface area contributed by atoms with Gasteiger partial charge in [0.05, 0.1) is 27.0 Å².